The summed E-state index contributed by atoms with van der Waals surface area (Å²) in [6.07, 6.45) is 4.92. The lowest BCUT2D eigenvalue weighted by molar-refractivity contribution is -0.121. The zero-order valence-electron chi connectivity index (χ0n) is 16.8. The van der Waals surface area contributed by atoms with Gasteiger partial charge in [-0.25, -0.2) is 0 Å². The Morgan fingerprint density at radius 1 is 1.24 bits per heavy atom. The van der Waals surface area contributed by atoms with E-state index >= 15 is 0 Å². The molecule has 1 atom stereocenters. The molecule has 1 aromatic heterocycles. The van der Waals surface area contributed by atoms with Crippen molar-refractivity contribution < 1.29 is 9.59 Å². The second kappa shape index (κ2) is 11.0. The molecule has 0 aliphatic carbocycles. The zero-order valence-corrected chi connectivity index (χ0v) is 17.7. The molecule has 1 aliphatic rings. The summed E-state index contributed by atoms with van der Waals surface area (Å²) < 4.78 is 1.87. The number of amides is 2. The summed E-state index contributed by atoms with van der Waals surface area (Å²) >= 11 is 0. The molecular formula is C21H30ClN5O2. The number of hydrogen-bond donors (Lipinski definition) is 2. The Kier molecular flexibility index (Phi) is 8.67. The number of carbonyl (C=O) groups is 2. The summed E-state index contributed by atoms with van der Waals surface area (Å²) in [5, 5.41) is 7.34. The van der Waals surface area contributed by atoms with Crippen molar-refractivity contribution >= 4 is 24.2 Å². The predicted molar refractivity (Wildman–Crippen MR) is 115 cm³/mol. The van der Waals surface area contributed by atoms with Gasteiger partial charge in [-0.15, -0.1) is 12.4 Å². The van der Waals surface area contributed by atoms with E-state index in [0.29, 0.717) is 38.2 Å². The summed E-state index contributed by atoms with van der Waals surface area (Å²) in [6, 6.07) is 10.1. The van der Waals surface area contributed by atoms with E-state index in [4.69, 9.17) is 5.73 Å². The quantitative estimate of drug-likeness (QED) is 0.718. The molecule has 3 rings (SSSR count). The highest BCUT2D eigenvalue weighted by Crippen LogP contribution is 2.21. The van der Waals surface area contributed by atoms with Gasteiger partial charge < -0.3 is 16.0 Å². The number of hydrogen-bond acceptors (Lipinski definition) is 4. The van der Waals surface area contributed by atoms with Gasteiger partial charge >= 0.3 is 0 Å². The fourth-order valence-electron chi connectivity index (χ4n) is 3.66. The maximum atomic E-state index is 13.2. The summed E-state index contributed by atoms with van der Waals surface area (Å²) in [4.78, 5) is 26.9. The van der Waals surface area contributed by atoms with Crippen LogP contribution in [0.2, 0.25) is 0 Å². The number of benzene rings is 1. The Hall–Kier alpha value is -2.38. The molecule has 0 bridgehead atoms. The number of carbonyl (C=O) groups excluding carboxylic acids is 2. The first kappa shape index (κ1) is 22.9. The minimum atomic E-state index is -0.0627. The van der Waals surface area contributed by atoms with Crippen LogP contribution >= 0.6 is 12.4 Å². The smallest absolute Gasteiger partial charge is 0.257 e. The van der Waals surface area contributed by atoms with Gasteiger partial charge in [-0.2, -0.15) is 5.10 Å². The third-order valence-electron chi connectivity index (χ3n) is 5.30. The number of likely N-dealkylation sites (tertiary alicyclic amines) is 1. The Labute approximate surface area is 178 Å². The Bertz CT molecular complexity index is 809. The summed E-state index contributed by atoms with van der Waals surface area (Å²) in [5.74, 6) is -0.0677. The van der Waals surface area contributed by atoms with Crippen LogP contribution in [0.4, 0.5) is 0 Å². The summed E-state index contributed by atoms with van der Waals surface area (Å²) in [6.45, 7) is 4.09. The van der Waals surface area contributed by atoms with Gasteiger partial charge in [-0.1, -0.05) is 30.3 Å². The van der Waals surface area contributed by atoms with Gasteiger partial charge in [0.2, 0.25) is 5.91 Å². The average Bonchev–Trinajstić information content (AvgIpc) is 3.07. The molecule has 0 radical (unpaired) electrons. The lowest BCUT2D eigenvalue weighted by atomic mass is 10.0. The summed E-state index contributed by atoms with van der Waals surface area (Å²) in [5.41, 5.74) is 8.08. The van der Waals surface area contributed by atoms with E-state index in [1.807, 2.05) is 46.8 Å². The molecule has 29 heavy (non-hydrogen) atoms. The third kappa shape index (κ3) is 5.81. The number of nitrogens with zero attached hydrogens (tertiary/aromatic N) is 3. The van der Waals surface area contributed by atoms with E-state index in [2.05, 4.69) is 10.4 Å². The minimum Gasteiger partial charge on any atom is -0.354 e. The molecule has 158 valence electrons. The monoisotopic (exact) mass is 419 g/mol. The number of aromatic nitrogens is 2. The summed E-state index contributed by atoms with van der Waals surface area (Å²) in [7, 11) is 0. The van der Waals surface area contributed by atoms with Gasteiger partial charge in [0.1, 0.15) is 0 Å². The van der Waals surface area contributed by atoms with Crippen molar-refractivity contribution in [2.45, 2.75) is 45.2 Å². The Balaban J connectivity index is 0.00000300. The molecule has 3 N–H and O–H groups in total. The van der Waals surface area contributed by atoms with Crippen LogP contribution in [0.3, 0.4) is 0 Å². The van der Waals surface area contributed by atoms with Crippen molar-refractivity contribution in [1.29, 1.82) is 0 Å². The van der Waals surface area contributed by atoms with Crippen LogP contribution in [0, 0.1) is 6.92 Å². The van der Waals surface area contributed by atoms with Crippen molar-refractivity contribution in [3.05, 3.63) is 53.3 Å². The number of rotatable bonds is 7. The fourth-order valence-corrected chi connectivity index (χ4v) is 3.66. The van der Waals surface area contributed by atoms with Gasteiger partial charge in [0.05, 0.1) is 18.3 Å². The molecule has 0 spiro atoms. The van der Waals surface area contributed by atoms with Crippen LogP contribution in [0.5, 0.6) is 0 Å². The Morgan fingerprint density at radius 3 is 2.72 bits per heavy atom. The van der Waals surface area contributed by atoms with Crippen LogP contribution in [0.25, 0.3) is 0 Å². The standard InChI is InChI=1S/C21H29N5O2.ClH/c1-16-19(14-24-26(16)15-17-7-3-2-4-8-17)21(28)25-12-6-5-9-18(25)13-23-20(27)10-11-22;/h2-4,7-8,14,18H,5-6,9-13,15,22H2,1H3,(H,23,27);1H. The molecule has 1 saturated heterocycles. The maximum Gasteiger partial charge on any atom is 0.257 e. The van der Waals surface area contributed by atoms with Gasteiger partial charge in [0.15, 0.2) is 0 Å². The first-order valence-corrected chi connectivity index (χ1v) is 9.94. The number of nitrogens with two attached hydrogens (primary N) is 1. The van der Waals surface area contributed by atoms with Gasteiger partial charge in [-0.3, -0.25) is 14.3 Å². The lowest BCUT2D eigenvalue weighted by Crippen LogP contribution is -2.49. The lowest BCUT2D eigenvalue weighted by Gasteiger charge is -2.36. The molecule has 7 nitrogen and oxygen atoms in total. The SMILES string of the molecule is Cc1c(C(=O)N2CCCCC2CNC(=O)CCN)cnn1Cc1ccccc1.Cl. The molecule has 1 fully saturated rings. The fraction of sp³-hybridized carbons (Fsp3) is 0.476. The van der Waals surface area contributed by atoms with Crippen LogP contribution in [0.1, 0.15) is 47.3 Å². The molecule has 1 aliphatic heterocycles. The number of nitrogens with one attached hydrogen (secondary N) is 1. The molecule has 1 aromatic carbocycles. The molecule has 8 heteroatoms. The number of halogens is 1. The van der Waals surface area contributed by atoms with Gasteiger partial charge in [0.25, 0.3) is 5.91 Å². The second-order valence-electron chi connectivity index (χ2n) is 7.28. The molecule has 2 aromatic rings. The third-order valence-corrected chi connectivity index (χ3v) is 5.30. The van der Waals surface area contributed by atoms with E-state index in [1.54, 1.807) is 6.20 Å². The van der Waals surface area contributed by atoms with Crippen molar-refractivity contribution in [3.63, 3.8) is 0 Å². The van der Waals surface area contributed by atoms with E-state index in [1.165, 1.54) is 0 Å². The topological polar surface area (TPSA) is 93.2 Å². The highest BCUT2D eigenvalue weighted by atomic mass is 35.5. The molecular weight excluding hydrogens is 390 g/mol. The van der Waals surface area contributed by atoms with Crippen molar-refractivity contribution in [2.24, 2.45) is 5.73 Å². The molecule has 0 saturated carbocycles. The van der Waals surface area contributed by atoms with Crippen molar-refractivity contribution in [1.82, 2.24) is 20.0 Å². The first-order valence-electron chi connectivity index (χ1n) is 9.94. The zero-order chi connectivity index (χ0) is 19.9. The van der Waals surface area contributed by atoms with Crippen LogP contribution in [0.15, 0.2) is 36.5 Å². The van der Waals surface area contributed by atoms with Gasteiger partial charge in [0, 0.05) is 37.8 Å². The Morgan fingerprint density at radius 2 is 2.00 bits per heavy atom. The van der Waals surface area contributed by atoms with Crippen LogP contribution < -0.4 is 11.1 Å². The average molecular weight is 420 g/mol. The minimum absolute atomic E-state index is 0. The molecule has 2 amide bonds. The first-order chi connectivity index (χ1) is 13.6. The second-order valence-corrected chi connectivity index (χ2v) is 7.28. The predicted octanol–water partition coefficient (Wildman–Crippen LogP) is 2.12. The molecule has 1 unspecified atom stereocenters. The highest BCUT2D eigenvalue weighted by molar-refractivity contribution is 5.95. The van der Waals surface area contributed by atoms with E-state index in [-0.39, 0.29) is 30.3 Å². The number of piperidine rings is 1. The maximum absolute atomic E-state index is 13.2. The van der Waals surface area contributed by atoms with E-state index < -0.39 is 0 Å². The van der Waals surface area contributed by atoms with Crippen LogP contribution in [-0.4, -0.2) is 52.2 Å². The van der Waals surface area contributed by atoms with Gasteiger partial charge in [-0.05, 0) is 31.7 Å². The van der Waals surface area contributed by atoms with Crippen LogP contribution in [-0.2, 0) is 11.3 Å². The van der Waals surface area contributed by atoms with Crippen molar-refractivity contribution in [3.8, 4) is 0 Å². The van der Waals surface area contributed by atoms with E-state index in [0.717, 1.165) is 30.5 Å². The normalized spacial score (nSPS) is 16.2. The van der Waals surface area contributed by atoms with Crippen molar-refractivity contribution in [2.75, 3.05) is 19.6 Å². The molecule has 2 heterocycles. The van der Waals surface area contributed by atoms with E-state index in [9.17, 15) is 9.59 Å². The highest BCUT2D eigenvalue weighted by Gasteiger charge is 2.29. The largest absolute Gasteiger partial charge is 0.354 e.